The van der Waals surface area contributed by atoms with Gasteiger partial charge in [0.15, 0.2) is 0 Å². The molecule has 0 saturated carbocycles. The van der Waals surface area contributed by atoms with E-state index in [0.29, 0.717) is 0 Å². The van der Waals surface area contributed by atoms with E-state index in [1.54, 1.807) is 22.7 Å². The van der Waals surface area contributed by atoms with E-state index in [-0.39, 0.29) is 0 Å². The zero-order chi connectivity index (χ0) is 16.5. The predicted molar refractivity (Wildman–Crippen MR) is 104 cm³/mol. The lowest BCUT2D eigenvalue weighted by Gasteiger charge is -2.08. The molecule has 4 rings (SSSR count). The average Bonchev–Trinajstić information content (AvgIpc) is 3.24. The van der Waals surface area contributed by atoms with Crippen LogP contribution in [-0.4, -0.2) is 9.97 Å². The van der Waals surface area contributed by atoms with Crippen LogP contribution in [0.1, 0.15) is 10.0 Å². The molecule has 2 aromatic carbocycles. The molecule has 4 heteroatoms. The molecule has 0 atom stereocenters. The van der Waals surface area contributed by atoms with E-state index in [2.05, 4.69) is 69.3 Å². The van der Waals surface area contributed by atoms with Gasteiger partial charge in [-0.05, 0) is 25.0 Å². The van der Waals surface area contributed by atoms with Crippen molar-refractivity contribution in [2.24, 2.45) is 0 Å². The van der Waals surface area contributed by atoms with Gasteiger partial charge in [-0.2, -0.15) is 0 Å². The van der Waals surface area contributed by atoms with E-state index in [9.17, 15) is 0 Å². The van der Waals surface area contributed by atoms with Crippen molar-refractivity contribution >= 4 is 22.7 Å². The fourth-order valence-electron chi connectivity index (χ4n) is 2.76. The Morgan fingerprint density at radius 2 is 1.17 bits per heavy atom. The van der Waals surface area contributed by atoms with Gasteiger partial charge in [-0.25, -0.2) is 9.97 Å². The number of nitrogens with zero attached hydrogens (tertiary/aromatic N) is 2. The summed E-state index contributed by atoms with van der Waals surface area (Å²) in [5.41, 5.74) is 6.85. The van der Waals surface area contributed by atoms with Gasteiger partial charge in [0.25, 0.3) is 0 Å². The van der Waals surface area contributed by atoms with Crippen LogP contribution >= 0.6 is 22.7 Å². The lowest BCUT2D eigenvalue weighted by Crippen LogP contribution is -1.86. The molecule has 0 bridgehead atoms. The molecule has 2 heterocycles. The largest absolute Gasteiger partial charge is 0.242 e. The first-order chi connectivity index (χ1) is 11.7. The van der Waals surface area contributed by atoms with Gasteiger partial charge in [-0.15, -0.1) is 22.7 Å². The van der Waals surface area contributed by atoms with Crippen LogP contribution in [0.5, 0.6) is 0 Å². The third-order valence-electron chi connectivity index (χ3n) is 3.93. The van der Waals surface area contributed by atoms with Crippen molar-refractivity contribution in [1.29, 1.82) is 0 Å². The molecule has 118 valence electrons. The van der Waals surface area contributed by atoms with E-state index in [1.165, 1.54) is 16.7 Å². The zero-order valence-electron chi connectivity index (χ0n) is 13.5. The topological polar surface area (TPSA) is 25.8 Å². The third-order valence-corrected chi connectivity index (χ3v) is 5.48. The van der Waals surface area contributed by atoms with E-state index in [0.717, 1.165) is 27.0 Å². The van der Waals surface area contributed by atoms with Gasteiger partial charge in [0, 0.05) is 21.9 Å². The Morgan fingerprint density at radius 1 is 0.625 bits per heavy atom. The molecule has 4 aromatic rings. The summed E-state index contributed by atoms with van der Waals surface area (Å²) >= 11 is 3.37. The van der Waals surface area contributed by atoms with Crippen molar-refractivity contribution in [3.63, 3.8) is 0 Å². The number of rotatable bonds is 3. The quantitative estimate of drug-likeness (QED) is 0.439. The molecule has 2 nitrogen and oxygen atoms in total. The lowest BCUT2D eigenvalue weighted by atomic mass is 9.97. The van der Waals surface area contributed by atoms with Crippen LogP contribution in [0.2, 0.25) is 0 Å². The summed E-state index contributed by atoms with van der Waals surface area (Å²) in [5, 5.41) is 6.42. The summed E-state index contributed by atoms with van der Waals surface area (Å²) in [7, 11) is 0. The second-order valence-corrected chi connectivity index (χ2v) is 7.75. The summed E-state index contributed by atoms with van der Waals surface area (Å²) in [6.45, 7) is 4.08. The number of hydrogen-bond acceptors (Lipinski definition) is 4. The Morgan fingerprint density at radius 3 is 1.75 bits per heavy atom. The van der Waals surface area contributed by atoms with Gasteiger partial charge in [-0.3, -0.25) is 0 Å². The van der Waals surface area contributed by atoms with Crippen LogP contribution in [0, 0.1) is 13.8 Å². The number of hydrogen-bond donors (Lipinski definition) is 0. The Labute approximate surface area is 149 Å². The highest BCUT2D eigenvalue weighted by Crippen LogP contribution is 2.33. The maximum Gasteiger partial charge on any atom is 0.0901 e. The lowest BCUT2D eigenvalue weighted by molar-refractivity contribution is 1.29. The zero-order valence-corrected chi connectivity index (χ0v) is 15.1. The minimum atomic E-state index is 1.05. The van der Waals surface area contributed by atoms with Gasteiger partial charge in [0.05, 0.1) is 21.4 Å². The molecular weight excluding hydrogens is 332 g/mol. The monoisotopic (exact) mass is 348 g/mol. The fourth-order valence-corrected chi connectivity index (χ4v) is 4.00. The smallest absolute Gasteiger partial charge is 0.0901 e. The van der Waals surface area contributed by atoms with Crippen molar-refractivity contribution in [3.8, 4) is 33.6 Å². The number of thiazole rings is 2. The molecule has 0 aliphatic heterocycles. The molecule has 0 fully saturated rings. The molecular formula is C20H16N2S2. The van der Waals surface area contributed by atoms with Crippen LogP contribution in [0.4, 0.5) is 0 Å². The first-order valence-electron chi connectivity index (χ1n) is 7.75. The van der Waals surface area contributed by atoms with Crippen molar-refractivity contribution in [2.75, 3.05) is 0 Å². The third kappa shape index (κ3) is 2.90. The molecule has 2 aromatic heterocycles. The Balaban J connectivity index is 1.74. The summed E-state index contributed by atoms with van der Waals surface area (Å²) in [6, 6.07) is 17.1. The number of aromatic nitrogens is 2. The molecule has 0 radical (unpaired) electrons. The molecule has 0 saturated heterocycles. The summed E-state index contributed by atoms with van der Waals surface area (Å²) in [4.78, 5) is 9.21. The van der Waals surface area contributed by atoms with Gasteiger partial charge in [0.2, 0.25) is 0 Å². The molecule has 0 aliphatic rings. The molecule has 0 aliphatic carbocycles. The minimum Gasteiger partial charge on any atom is -0.242 e. The number of aryl methyl sites for hydroxylation is 2. The van der Waals surface area contributed by atoms with Gasteiger partial charge >= 0.3 is 0 Å². The van der Waals surface area contributed by atoms with E-state index >= 15 is 0 Å². The summed E-state index contributed by atoms with van der Waals surface area (Å²) in [5.74, 6) is 0. The first-order valence-corrected chi connectivity index (χ1v) is 9.51. The second kappa shape index (κ2) is 6.30. The highest BCUT2D eigenvalue weighted by atomic mass is 32.1. The molecule has 0 unspecified atom stereocenters. The van der Waals surface area contributed by atoms with E-state index in [4.69, 9.17) is 0 Å². The first kappa shape index (κ1) is 15.2. The van der Waals surface area contributed by atoms with Crippen LogP contribution in [-0.2, 0) is 0 Å². The summed E-state index contributed by atoms with van der Waals surface area (Å²) < 4.78 is 0. The van der Waals surface area contributed by atoms with Gasteiger partial charge in [-0.1, -0.05) is 48.5 Å². The van der Waals surface area contributed by atoms with E-state index < -0.39 is 0 Å². The van der Waals surface area contributed by atoms with Crippen molar-refractivity contribution < 1.29 is 0 Å². The summed E-state index contributed by atoms with van der Waals surface area (Å²) in [6.07, 6.45) is 0. The highest BCUT2D eigenvalue weighted by molar-refractivity contribution is 7.10. The van der Waals surface area contributed by atoms with Crippen molar-refractivity contribution in [3.05, 3.63) is 69.3 Å². The van der Waals surface area contributed by atoms with Crippen molar-refractivity contribution in [1.82, 2.24) is 9.97 Å². The average molecular weight is 348 g/mol. The Hall–Kier alpha value is -2.30. The molecule has 0 N–H and O–H groups in total. The fraction of sp³-hybridized carbons (Fsp3) is 0.100. The van der Waals surface area contributed by atoms with Crippen LogP contribution in [0.3, 0.4) is 0 Å². The Bertz CT molecular complexity index is 981. The maximum absolute atomic E-state index is 4.64. The van der Waals surface area contributed by atoms with Gasteiger partial charge in [0.1, 0.15) is 0 Å². The van der Waals surface area contributed by atoms with Crippen molar-refractivity contribution in [2.45, 2.75) is 13.8 Å². The highest BCUT2D eigenvalue weighted by Gasteiger charge is 2.10. The number of benzene rings is 2. The SMILES string of the molecule is Cc1nc(-c2ccc(-c3ccccc3-c3csc(C)n3)cc2)cs1. The van der Waals surface area contributed by atoms with Crippen LogP contribution in [0.15, 0.2) is 59.3 Å². The second-order valence-electron chi connectivity index (χ2n) is 5.63. The molecule has 24 heavy (non-hydrogen) atoms. The standard InChI is InChI=1S/C20H16N2S2/c1-13-21-19(11-23-13)16-9-7-15(8-10-16)17-5-3-4-6-18(17)20-12-24-14(2)22-20/h3-12H,1-2H3. The molecule has 0 amide bonds. The minimum absolute atomic E-state index is 1.05. The maximum atomic E-state index is 4.64. The van der Waals surface area contributed by atoms with E-state index in [1.807, 2.05) is 13.8 Å². The van der Waals surface area contributed by atoms with Gasteiger partial charge < -0.3 is 0 Å². The predicted octanol–water partition coefficient (Wildman–Crippen LogP) is 6.22. The molecule has 0 spiro atoms. The van der Waals surface area contributed by atoms with Crippen LogP contribution < -0.4 is 0 Å². The van der Waals surface area contributed by atoms with Crippen LogP contribution in [0.25, 0.3) is 33.6 Å². The normalized spacial score (nSPS) is 10.9. The Kier molecular flexibility index (Phi) is 4.00.